The summed E-state index contributed by atoms with van der Waals surface area (Å²) in [5, 5.41) is 10.5. The number of carbonyl (C=O) groups is 1. The average Bonchev–Trinajstić information content (AvgIpc) is 3.25. The third-order valence-electron chi connectivity index (χ3n) is 4.93. The molecule has 0 aliphatic heterocycles. The highest BCUT2D eigenvalue weighted by molar-refractivity contribution is 7.90. The second-order valence-corrected chi connectivity index (χ2v) is 11.1. The van der Waals surface area contributed by atoms with Gasteiger partial charge in [0, 0.05) is 41.5 Å². The normalized spacial score (nSPS) is 12.2. The fraction of sp³-hybridized carbons (Fsp3) is 0.292. The van der Waals surface area contributed by atoms with E-state index in [1.54, 1.807) is 50.5 Å². The Morgan fingerprint density at radius 2 is 1.88 bits per heavy atom. The fourth-order valence-electron chi connectivity index (χ4n) is 3.10. The highest BCUT2D eigenvalue weighted by atomic mass is 35.5. The number of hydrogen-bond donors (Lipinski definition) is 2. The van der Waals surface area contributed by atoms with Gasteiger partial charge in [0.15, 0.2) is 0 Å². The van der Waals surface area contributed by atoms with Crippen molar-refractivity contribution in [2.24, 2.45) is 4.40 Å². The van der Waals surface area contributed by atoms with Crippen LogP contribution in [0.1, 0.15) is 32.0 Å². The van der Waals surface area contributed by atoms with Crippen LogP contribution in [0.5, 0.6) is 0 Å². The van der Waals surface area contributed by atoms with E-state index in [2.05, 4.69) is 19.9 Å². The van der Waals surface area contributed by atoms with E-state index in [0.29, 0.717) is 27.5 Å². The number of sulfonamides is 1. The molecule has 0 atom stereocenters. The van der Waals surface area contributed by atoms with Crippen LogP contribution >= 0.6 is 11.6 Å². The molecule has 1 aromatic heterocycles. The fourth-order valence-corrected chi connectivity index (χ4v) is 4.46. The molecule has 0 saturated carbocycles. The highest BCUT2D eigenvalue weighted by Crippen LogP contribution is 2.32. The largest absolute Gasteiger partial charge is 0.368 e. The summed E-state index contributed by atoms with van der Waals surface area (Å²) in [6.07, 6.45) is 1.27. The molecule has 0 fully saturated rings. The van der Waals surface area contributed by atoms with E-state index in [-0.39, 0.29) is 22.6 Å². The lowest BCUT2D eigenvalue weighted by molar-refractivity contribution is -0.115. The van der Waals surface area contributed by atoms with Gasteiger partial charge in [-0.3, -0.25) is 9.89 Å². The summed E-state index contributed by atoms with van der Waals surface area (Å²) in [5.74, 6) is -0.323. The van der Waals surface area contributed by atoms with Crippen LogP contribution in [0.3, 0.4) is 0 Å². The molecule has 2 N–H and O–H groups in total. The molecule has 3 aromatic rings. The minimum Gasteiger partial charge on any atom is -0.368 e. The van der Waals surface area contributed by atoms with Gasteiger partial charge in [0.2, 0.25) is 5.91 Å². The maximum atomic E-state index is 13.1. The lowest BCUT2D eigenvalue weighted by Crippen LogP contribution is -2.15. The number of hydrogen-bond acceptors (Lipinski definition) is 4. The molecule has 2 aromatic carbocycles. The third-order valence-corrected chi connectivity index (χ3v) is 6.56. The first-order valence-corrected chi connectivity index (χ1v) is 12.4. The molecule has 0 radical (unpaired) electrons. The van der Waals surface area contributed by atoms with Gasteiger partial charge >= 0.3 is 0 Å². The molecule has 3 rings (SSSR count). The average molecular weight is 502 g/mol. The zero-order valence-corrected chi connectivity index (χ0v) is 21.3. The van der Waals surface area contributed by atoms with Gasteiger partial charge in [0.1, 0.15) is 11.2 Å². The summed E-state index contributed by atoms with van der Waals surface area (Å²) in [5.41, 5.74) is 2.52. The molecule has 0 spiro atoms. The minimum absolute atomic E-state index is 0.0522. The van der Waals surface area contributed by atoms with E-state index in [1.807, 2.05) is 26.8 Å². The number of amides is 1. The van der Waals surface area contributed by atoms with Crippen LogP contribution in [0.4, 0.5) is 5.69 Å². The Labute approximate surface area is 205 Å². The minimum atomic E-state index is -4.08. The van der Waals surface area contributed by atoms with Gasteiger partial charge in [0.05, 0.1) is 12.1 Å². The van der Waals surface area contributed by atoms with Crippen molar-refractivity contribution in [3.63, 3.8) is 0 Å². The van der Waals surface area contributed by atoms with Crippen molar-refractivity contribution in [1.29, 1.82) is 0 Å². The number of nitrogens with zero attached hydrogens (tertiary/aromatic N) is 3. The first-order valence-electron chi connectivity index (χ1n) is 10.6. The molecule has 0 bridgehead atoms. The Morgan fingerprint density at radius 3 is 2.50 bits per heavy atom. The number of aromatic nitrogens is 2. The second-order valence-electron chi connectivity index (χ2n) is 9.10. The van der Waals surface area contributed by atoms with Crippen LogP contribution in [-0.4, -0.2) is 49.9 Å². The van der Waals surface area contributed by atoms with Crippen LogP contribution in [0.15, 0.2) is 57.8 Å². The predicted octanol–water partition coefficient (Wildman–Crippen LogP) is 4.49. The molecule has 1 heterocycles. The lowest BCUT2D eigenvalue weighted by atomic mass is 9.92. The molecule has 180 valence electrons. The predicted molar refractivity (Wildman–Crippen MR) is 136 cm³/mol. The van der Waals surface area contributed by atoms with Crippen LogP contribution in [-0.2, 0) is 26.7 Å². The van der Waals surface area contributed by atoms with Crippen LogP contribution in [0, 0.1) is 0 Å². The Balaban J connectivity index is 2.00. The molecule has 1 amide bonds. The number of nitrogens with one attached hydrogen (secondary N) is 2. The van der Waals surface area contributed by atoms with Gasteiger partial charge in [-0.15, -0.1) is 4.40 Å². The van der Waals surface area contributed by atoms with Crippen molar-refractivity contribution in [1.82, 2.24) is 15.1 Å². The molecule has 0 saturated heterocycles. The molecule has 10 heteroatoms. The van der Waals surface area contributed by atoms with E-state index in [9.17, 15) is 13.2 Å². The summed E-state index contributed by atoms with van der Waals surface area (Å²) >= 11 is 6.15. The molecule has 34 heavy (non-hydrogen) atoms. The SMILES string of the molecule is CN(C)C=NS(=O)(=O)c1cc(NC(=O)Cc2ccccc2Cl)ccc1-c1cc(C(C)(C)C)[nH]n1. The maximum absolute atomic E-state index is 13.1. The zero-order valence-electron chi connectivity index (χ0n) is 19.8. The topological polar surface area (TPSA) is 108 Å². The number of anilines is 1. The van der Waals surface area contributed by atoms with Crippen LogP contribution in [0.2, 0.25) is 5.02 Å². The highest BCUT2D eigenvalue weighted by Gasteiger charge is 2.24. The first-order chi connectivity index (χ1) is 15.9. The maximum Gasteiger partial charge on any atom is 0.284 e. The Morgan fingerprint density at radius 1 is 1.18 bits per heavy atom. The van der Waals surface area contributed by atoms with E-state index >= 15 is 0 Å². The zero-order chi connectivity index (χ0) is 25.1. The monoisotopic (exact) mass is 501 g/mol. The van der Waals surface area contributed by atoms with E-state index in [1.165, 1.54) is 17.3 Å². The van der Waals surface area contributed by atoms with Crippen molar-refractivity contribution in [2.45, 2.75) is 37.5 Å². The molecule has 0 aliphatic carbocycles. The number of rotatable bonds is 7. The van der Waals surface area contributed by atoms with Crippen molar-refractivity contribution in [2.75, 3.05) is 19.4 Å². The van der Waals surface area contributed by atoms with Crippen molar-refractivity contribution in [3.05, 3.63) is 64.8 Å². The second kappa shape index (κ2) is 9.99. The molecular formula is C24H28ClN5O3S. The summed E-state index contributed by atoms with van der Waals surface area (Å²) in [7, 11) is -0.732. The Bertz CT molecular complexity index is 1320. The van der Waals surface area contributed by atoms with Gasteiger partial charge in [-0.25, -0.2) is 0 Å². The van der Waals surface area contributed by atoms with Crippen molar-refractivity contribution < 1.29 is 13.2 Å². The van der Waals surface area contributed by atoms with Gasteiger partial charge in [-0.05, 0) is 35.9 Å². The van der Waals surface area contributed by atoms with Crippen LogP contribution in [0.25, 0.3) is 11.3 Å². The molecular weight excluding hydrogens is 474 g/mol. The van der Waals surface area contributed by atoms with Gasteiger partial charge < -0.3 is 10.2 Å². The number of H-pyrrole nitrogens is 1. The lowest BCUT2D eigenvalue weighted by Gasteiger charge is -2.14. The number of benzene rings is 2. The van der Waals surface area contributed by atoms with Crippen molar-refractivity contribution in [3.8, 4) is 11.3 Å². The van der Waals surface area contributed by atoms with Gasteiger partial charge in [0.25, 0.3) is 10.0 Å². The summed E-state index contributed by atoms with van der Waals surface area (Å²) < 4.78 is 30.0. The van der Waals surface area contributed by atoms with E-state index in [4.69, 9.17) is 11.6 Å². The van der Waals surface area contributed by atoms with E-state index in [0.717, 1.165) is 5.69 Å². The molecule has 0 unspecified atom stereocenters. The number of halogens is 1. The molecule has 0 aliphatic rings. The number of carbonyl (C=O) groups excluding carboxylic acids is 1. The summed E-state index contributed by atoms with van der Waals surface area (Å²) in [4.78, 5) is 14.1. The van der Waals surface area contributed by atoms with Gasteiger partial charge in [-0.1, -0.05) is 50.6 Å². The standard InChI is InChI=1S/C24H28ClN5O3S/c1-24(2,3)22-14-20(28-29-22)18-11-10-17(13-21(18)34(32,33)26-15-30(4)5)27-23(31)12-16-8-6-7-9-19(16)25/h6-11,13-15H,12H2,1-5H3,(H,27,31)(H,28,29). The molecule has 8 nitrogen and oxygen atoms in total. The summed E-state index contributed by atoms with van der Waals surface area (Å²) in [6, 6.07) is 13.5. The smallest absolute Gasteiger partial charge is 0.284 e. The number of aromatic amines is 1. The van der Waals surface area contributed by atoms with Gasteiger partial charge in [-0.2, -0.15) is 13.5 Å². The quantitative estimate of drug-likeness (QED) is 0.366. The van der Waals surface area contributed by atoms with E-state index < -0.39 is 10.0 Å². The third kappa shape index (κ3) is 6.24. The first kappa shape index (κ1) is 25.5. The Kier molecular flexibility index (Phi) is 7.48. The Hall–Kier alpha value is -3.17. The van der Waals surface area contributed by atoms with Crippen molar-refractivity contribution >= 4 is 39.6 Å². The summed E-state index contributed by atoms with van der Waals surface area (Å²) in [6.45, 7) is 6.09. The van der Waals surface area contributed by atoms with Crippen LogP contribution < -0.4 is 5.32 Å².